The van der Waals surface area contributed by atoms with Gasteiger partial charge in [-0.2, -0.15) is 14.6 Å². The van der Waals surface area contributed by atoms with Crippen molar-refractivity contribution in [3.8, 4) is 16.3 Å². The smallest absolute Gasteiger partial charge is 0.283 e. The Morgan fingerprint density at radius 2 is 1.96 bits per heavy atom. The Balaban J connectivity index is 1.83. The van der Waals surface area contributed by atoms with E-state index in [0.29, 0.717) is 15.5 Å². The molecule has 0 spiro atoms. The molecule has 1 aromatic carbocycles. The summed E-state index contributed by atoms with van der Waals surface area (Å²) in [6.45, 7) is 0. The number of hydrogen-bond acceptors (Lipinski definition) is 8. The summed E-state index contributed by atoms with van der Waals surface area (Å²) in [5.41, 5.74) is 7.20. The number of carbonyl (C=O) groups excluding carboxylic acids is 1. The van der Waals surface area contributed by atoms with Gasteiger partial charge in [0.1, 0.15) is 16.6 Å². The number of ether oxygens (including phenoxy) is 1. The molecule has 28 heavy (non-hydrogen) atoms. The zero-order chi connectivity index (χ0) is 19.8. The largest absolute Gasteiger partial charge is 0.508 e. The number of methoxy groups -OCH3 is 1. The molecule has 2 heterocycles. The highest BCUT2D eigenvalue weighted by Crippen LogP contribution is 2.28. The Morgan fingerprint density at radius 3 is 2.68 bits per heavy atom. The molecule has 0 radical (unpaired) electrons. The van der Waals surface area contributed by atoms with E-state index >= 15 is 0 Å². The van der Waals surface area contributed by atoms with Gasteiger partial charge in [-0.25, -0.2) is 0 Å². The maximum Gasteiger partial charge on any atom is 0.283 e. The SMILES string of the molecule is COC1=CC(=Cc2c(N)n3nc(-c4ccc(O)cc4)sc3nc2=O)C=CC1=O. The minimum atomic E-state index is -0.497. The quantitative estimate of drug-likeness (QED) is 0.698. The summed E-state index contributed by atoms with van der Waals surface area (Å²) in [5.74, 6) is 0.204. The molecule has 140 valence electrons. The van der Waals surface area contributed by atoms with Crippen LogP contribution in [0.15, 0.2) is 58.6 Å². The van der Waals surface area contributed by atoms with Gasteiger partial charge in [0, 0.05) is 5.56 Å². The Labute approximate surface area is 162 Å². The van der Waals surface area contributed by atoms with E-state index in [1.165, 1.54) is 35.1 Å². The normalized spacial score (nSPS) is 15.2. The molecule has 0 unspecified atom stereocenters. The molecule has 0 aliphatic heterocycles. The molecule has 4 rings (SSSR count). The highest BCUT2D eigenvalue weighted by molar-refractivity contribution is 7.19. The lowest BCUT2D eigenvalue weighted by molar-refractivity contribution is -0.114. The van der Waals surface area contributed by atoms with Crippen molar-refractivity contribution in [3.05, 3.63) is 69.7 Å². The molecule has 1 aliphatic carbocycles. The highest BCUT2D eigenvalue weighted by atomic mass is 32.1. The van der Waals surface area contributed by atoms with Gasteiger partial charge in [-0.05, 0) is 48.1 Å². The number of ketones is 1. The number of phenolic OH excluding ortho intramolecular Hbond substituents is 1. The third-order valence-corrected chi connectivity index (χ3v) is 5.06. The van der Waals surface area contributed by atoms with Crippen LogP contribution in [0, 0.1) is 0 Å². The fourth-order valence-corrected chi connectivity index (χ4v) is 3.58. The van der Waals surface area contributed by atoms with Gasteiger partial charge in [-0.15, -0.1) is 0 Å². The van der Waals surface area contributed by atoms with E-state index in [-0.39, 0.29) is 28.7 Å². The second-order valence-electron chi connectivity index (χ2n) is 5.92. The maximum atomic E-state index is 12.5. The molecule has 0 saturated carbocycles. The highest BCUT2D eigenvalue weighted by Gasteiger charge is 2.16. The molecule has 0 saturated heterocycles. The van der Waals surface area contributed by atoms with Crippen molar-refractivity contribution < 1.29 is 14.6 Å². The van der Waals surface area contributed by atoms with E-state index in [1.807, 2.05) is 0 Å². The summed E-state index contributed by atoms with van der Waals surface area (Å²) in [4.78, 5) is 28.6. The van der Waals surface area contributed by atoms with Crippen molar-refractivity contribution in [3.63, 3.8) is 0 Å². The van der Waals surface area contributed by atoms with Gasteiger partial charge >= 0.3 is 0 Å². The van der Waals surface area contributed by atoms with Crippen LogP contribution in [0.1, 0.15) is 5.56 Å². The lowest BCUT2D eigenvalue weighted by Crippen LogP contribution is -2.17. The van der Waals surface area contributed by atoms with Crippen LogP contribution in [0.3, 0.4) is 0 Å². The van der Waals surface area contributed by atoms with Gasteiger partial charge < -0.3 is 15.6 Å². The fraction of sp³-hybridized carbons (Fsp3) is 0.0526. The van der Waals surface area contributed by atoms with E-state index < -0.39 is 5.56 Å². The monoisotopic (exact) mass is 394 g/mol. The number of anilines is 1. The number of nitrogens with zero attached hydrogens (tertiary/aromatic N) is 3. The number of nitrogens with two attached hydrogens (primary N) is 1. The summed E-state index contributed by atoms with van der Waals surface area (Å²) in [6.07, 6.45) is 6.00. The number of benzene rings is 1. The van der Waals surface area contributed by atoms with Gasteiger partial charge in [-0.3, -0.25) is 9.59 Å². The number of phenols is 1. The molecule has 1 aliphatic rings. The summed E-state index contributed by atoms with van der Waals surface area (Å²) in [7, 11) is 1.40. The van der Waals surface area contributed by atoms with Gasteiger partial charge in [0.2, 0.25) is 10.7 Å². The first-order valence-electron chi connectivity index (χ1n) is 8.15. The standard InChI is InChI=1S/C19H14N4O4S/c1-27-15-9-10(2-7-14(15)25)8-13-16(20)23-19(21-17(13)26)28-18(22-23)11-3-5-12(24)6-4-11/h2-9,24H,20H2,1H3. The van der Waals surface area contributed by atoms with E-state index in [2.05, 4.69) is 10.1 Å². The third-order valence-electron chi connectivity index (χ3n) is 4.10. The first kappa shape index (κ1) is 17.7. The number of fused-ring (bicyclic) bond motifs is 1. The Hall–Kier alpha value is -3.72. The van der Waals surface area contributed by atoms with Crippen LogP contribution >= 0.6 is 11.3 Å². The molecule has 0 fully saturated rings. The lowest BCUT2D eigenvalue weighted by Gasteiger charge is -2.08. The molecule has 0 atom stereocenters. The van der Waals surface area contributed by atoms with E-state index in [0.717, 1.165) is 5.56 Å². The Kier molecular flexibility index (Phi) is 4.28. The molecule has 3 N–H and O–H groups in total. The van der Waals surface area contributed by atoms with E-state index in [9.17, 15) is 14.7 Å². The number of hydrogen-bond donors (Lipinski definition) is 2. The van der Waals surface area contributed by atoms with Gasteiger partial charge in [0.15, 0.2) is 5.76 Å². The summed E-state index contributed by atoms with van der Waals surface area (Å²) >= 11 is 1.21. The third kappa shape index (κ3) is 3.08. The molecular weight excluding hydrogens is 380 g/mol. The van der Waals surface area contributed by atoms with E-state index in [4.69, 9.17) is 10.5 Å². The van der Waals surface area contributed by atoms with Crippen molar-refractivity contribution in [2.75, 3.05) is 12.8 Å². The first-order chi connectivity index (χ1) is 13.5. The van der Waals surface area contributed by atoms with E-state index in [1.54, 1.807) is 36.4 Å². The zero-order valence-electron chi connectivity index (χ0n) is 14.6. The van der Waals surface area contributed by atoms with Gasteiger partial charge in [0.05, 0.1) is 12.7 Å². The average molecular weight is 394 g/mol. The van der Waals surface area contributed by atoms with Crippen molar-refractivity contribution in [1.82, 2.24) is 14.6 Å². The fourth-order valence-electron chi connectivity index (χ4n) is 2.68. The molecular formula is C19H14N4O4S. The number of aromatic nitrogens is 3. The topological polar surface area (TPSA) is 120 Å². The number of aromatic hydroxyl groups is 1. The summed E-state index contributed by atoms with van der Waals surface area (Å²) in [6, 6.07) is 6.53. The van der Waals surface area contributed by atoms with Crippen LogP contribution in [0.25, 0.3) is 21.6 Å². The molecule has 9 heteroatoms. The Bertz CT molecular complexity index is 1250. The predicted octanol–water partition coefficient (Wildman–Crippen LogP) is 2.16. The van der Waals surface area contributed by atoms with Crippen LogP contribution in [-0.4, -0.2) is 32.6 Å². The predicted molar refractivity (Wildman–Crippen MR) is 106 cm³/mol. The molecule has 3 aromatic rings. The minimum Gasteiger partial charge on any atom is -0.508 e. The van der Waals surface area contributed by atoms with Crippen LogP contribution in [-0.2, 0) is 9.53 Å². The summed E-state index contributed by atoms with van der Waals surface area (Å²) in [5, 5.41) is 14.5. The summed E-state index contributed by atoms with van der Waals surface area (Å²) < 4.78 is 6.43. The van der Waals surface area contributed by atoms with Crippen molar-refractivity contribution in [2.45, 2.75) is 0 Å². The number of carbonyl (C=O) groups is 1. The van der Waals surface area contributed by atoms with Gasteiger partial charge in [0.25, 0.3) is 5.56 Å². The molecule has 0 bridgehead atoms. The van der Waals surface area contributed by atoms with Crippen molar-refractivity contribution in [1.29, 1.82) is 0 Å². The average Bonchev–Trinajstić information content (AvgIpc) is 3.11. The zero-order valence-corrected chi connectivity index (χ0v) is 15.4. The van der Waals surface area contributed by atoms with Crippen molar-refractivity contribution in [2.24, 2.45) is 0 Å². The van der Waals surface area contributed by atoms with Crippen LogP contribution in [0.5, 0.6) is 5.75 Å². The molecule has 8 nitrogen and oxygen atoms in total. The number of rotatable bonds is 3. The number of allylic oxidation sites excluding steroid dienone is 4. The van der Waals surface area contributed by atoms with Gasteiger partial charge in [-0.1, -0.05) is 17.4 Å². The second kappa shape index (κ2) is 6.78. The van der Waals surface area contributed by atoms with Crippen LogP contribution < -0.4 is 11.3 Å². The maximum absolute atomic E-state index is 12.5. The lowest BCUT2D eigenvalue weighted by atomic mass is 10.0. The van der Waals surface area contributed by atoms with Crippen LogP contribution in [0.4, 0.5) is 5.82 Å². The number of nitrogen functional groups attached to an aromatic ring is 1. The first-order valence-corrected chi connectivity index (χ1v) is 8.96. The minimum absolute atomic E-state index is 0.140. The Morgan fingerprint density at radius 1 is 1.21 bits per heavy atom. The van der Waals surface area contributed by atoms with Crippen molar-refractivity contribution >= 4 is 34.0 Å². The van der Waals surface area contributed by atoms with Crippen LogP contribution in [0.2, 0.25) is 0 Å². The second-order valence-corrected chi connectivity index (χ2v) is 6.87. The molecule has 0 amide bonds. The molecule has 2 aromatic heterocycles.